The number of rotatable bonds is 6. The van der Waals surface area contributed by atoms with Crippen LogP contribution in [0.2, 0.25) is 5.02 Å². The largest absolute Gasteiger partial charge is 0.496 e. The molecule has 0 fully saturated rings. The number of halogens is 1. The molecule has 0 spiro atoms. The van der Waals surface area contributed by atoms with Gasteiger partial charge < -0.3 is 14.5 Å². The van der Waals surface area contributed by atoms with E-state index in [0.717, 1.165) is 11.1 Å². The van der Waals surface area contributed by atoms with Gasteiger partial charge in [0.15, 0.2) is 0 Å². The average molecular weight is 420 g/mol. The minimum Gasteiger partial charge on any atom is -0.496 e. The molecule has 0 aliphatic heterocycles. The molecule has 150 valence electrons. The average Bonchev–Trinajstić information content (AvgIpc) is 3.28. The Morgan fingerprint density at radius 1 is 0.967 bits per heavy atom. The SMILES string of the molecule is COc1ccccc1C(=O)N[C@@H](c1ccc(Cl)cc1)c1nnc(-c2ccccc2)o1. The summed E-state index contributed by atoms with van der Waals surface area (Å²) in [5, 5.41) is 11.9. The molecule has 0 bridgehead atoms. The van der Waals surface area contributed by atoms with Crippen molar-refractivity contribution in [3.05, 3.63) is 101 Å². The number of benzene rings is 3. The van der Waals surface area contributed by atoms with E-state index in [4.69, 9.17) is 20.8 Å². The van der Waals surface area contributed by atoms with Crippen LogP contribution in [0.1, 0.15) is 27.9 Å². The van der Waals surface area contributed by atoms with Crippen LogP contribution in [0.5, 0.6) is 5.75 Å². The van der Waals surface area contributed by atoms with E-state index in [1.54, 1.807) is 36.4 Å². The van der Waals surface area contributed by atoms with Crippen molar-refractivity contribution in [2.45, 2.75) is 6.04 Å². The van der Waals surface area contributed by atoms with Crippen molar-refractivity contribution in [3.63, 3.8) is 0 Å². The summed E-state index contributed by atoms with van der Waals surface area (Å²) in [5.41, 5.74) is 1.95. The van der Waals surface area contributed by atoms with E-state index in [1.807, 2.05) is 42.5 Å². The highest BCUT2D eigenvalue weighted by Crippen LogP contribution is 2.27. The molecular formula is C23H18ClN3O3. The Morgan fingerprint density at radius 2 is 1.67 bits per heavy atom. The molecule has 30 heavy (non-hydrogen) atoms. The standard InChI is InChI=1S/C23H18ClN3O3/c1-29-19-10-6-5-9-18(19)21(28)25-20(15-11-13-17(24)14-12-15)23-27-26-22(30-23)16-7-3-2-4-8-16/h2-14,20H,1H3,(H,25,28)/t20-/m0/s1. The van der Waals surface area contributed by atoms with Crippen LogP contribution in [0, 0.1) is 0 Å². The third-order valence-corrected chi connectivity index (χ3v) is 4.79. The molecule has 1 heterocycles. The lowest BCUT2D eigenvalue weighted by Crippen LogP contribution is -2.30. The van der Waals surface area contributed by atoms with Crippen molar-refractivity contribution in [2.24, 2.45) is 0 Å². The number of nitrogens with one attached hydrogen (secondary N) is 1. The summed E-state index contributed by atoms with van der Waals surface area (Å²) < 4.78 is 11.2. The highest BCUT2D eigenvalue weighted by Gasteiger charge is 2.25. The van der Waals surface area contributed by atoms with E-state index in [1.165, 1.54) is 7.11 Å². The number of hydrogen-bond donors (Lipinski definition) is 1. The molecule has 1 atom stereocenters. The highest BCUT2D eigenvalue weighted by molar-refractivity contribution is 6.30. The zero-order valence-electron chi connectivity index (χ0n) is 16.1. The number of ether oxygens (including phenoxy) is 1. The lowest BCUT2D eigenvalue weighted by molar-refractivity contribution is 0.0935. The van der Waals surface area contributed by atoms with Gasteiger partial charge in [0.25, 0.3) is 5.91 Å². The lowest BCUT2D eigenvalue weighted by atomic mass is 10.1. The number of carbonyl (C=O) groups is 1. The first-order valence-electron chi connectivity index (χ1n) is 9.24. The van der Waals surface area contributed by atoms with Gasteiger partial charge in [-0.25, -0.2) is 0 Å². The third kappa shape index (κ3) is 4.18. The van der Waals surface area contributed by atoms with Gasteiger partial charge in [0.05, 0.1) is 12.7 Å². The maximum absolute atomic E-state index is 13.0. The second kappa shape index (κ2) is 8.80. The second-order valence-electron chi connectivity index (χ2n) is 6.47. The number of amides is 1. The lowest BCUT2D eigenvalue weighted by Gasteiger charge is -2.17. The van der Waals surface area contributed by atoms with Crippen molar-refractivity contribution >= 4 is 17.5 Å². The van der Waals surface area contributed by atoms with Gasteiger partial charge in [-0.2, -0.15) is 0 Å². The van der Waals surface area contributed by atoms with Crippen LogP contribution in [0.15, 0.2) is 83.3 Å². The molecule has 0 saturated carbocycles. The summed E-state index contributed by atoms with van der Waals surface area (Å²) in [6.45, 7) is 0. The summed E-state index contributed by atoms with van der Waals surface area (Å²) in [5.74, 6) is 0.780. The monoisotopic (exact) mass is 419 g/mol. The van der Waals surface area contributed by atoms with Crippen molar-refractivity contribution < 1.29 is 13.9 Å². The van der Waals surface area contributed by atoms with Gasteiger partial charge in [0.1, 0.15) is 11.8 Å². The summed E-state index contributed by atoms with van der Waals surface area (Å²) >= 11 is 6.03. The molecule has 0 saturated heterocycles. The van der Waals surface area contributed by atoms with Gasteiger partial charge in [-0.1, -0.05) is 54.1 Å². The fourth-order valence-electron chi connectivity index (χ4n) is 3.03. The number of nitrogens with zero attached hydrogens (tertiary/aromatic N) is 2. The molecule has 4 aromatic rings. The van der Waals surface area contributed by atoms with Crippen molar-refractivity contribution in [3.8, 4) is 17.2 Å². The molecule has 0 aliphatic carbocycles. The van der Waals surface area contributed by atoms with Gasteiger partial charge in [0, 0.05) is 10.6 Å². The fraction of sp³-hybridized carbons (Fsp3) is 0.0870. The number of methoxy groups -OCH3 is 1. The first kappa shape index (κ1) is 19.7. The Morgan fingerprint density at radius 3 is 2.40 bits per heavy atom. The first-order valence-corrected chi connectivity index (χ1v) is 9.61. The molecule has 1 N–H and O–H groups in total. The van der Waals surface area contributed by atoms with E-state index in [-0.39, 0.29) is 11.8 Å². The Bertz CT molecular complexity index is 1140. The quantitative estimate of drug-likeness (QED) is 0.480. The normalized spacial score (nSPS) is 11.7. The number of aromatic nitrogens is 2. The van der Waals surface area contributed by atoms with Crippen molar-refractivity contribution in [2.75, 3.05) is 7.11 Å². The minimum atomic E-state index is -0.662. The van der Waals surface area contributed by atoms with E-state index in [0.29, 0.717) is 22.2 Å². The van der Waals surface area contributed by atoms with Crippen molar-refractivity contribution in [1.29, 1.82) is 0 Å². The molecule has 1 amide bonds. The Balaban J connectivity index is 1.70. The van der Waals surface area contributed by atoms with Crippen LogP contribution < -0.4 is 10.1 Å². The van der Waals surface area contributed by atoms with Gasteiger partial charge in [-0.15, -0.1) is 10.2 Å². The smallest absolute Gasteiger partial charge is 0.255 e. The minimum absolute atomic E-state index is 0.263. The van der Waals surface area contributed by atoms with E-state index >= 15 is 0 Å². The first-order chi connectivity index (χ1) is 14.7. The molecule has 0 radical (unpaired) electrons. The van der Waals surface area contributed by atoms with Crippen LogP contribution in [-0.2, 0) is 0 Å². The Labute approximate surface area is 178 Å². The summed E-state index contributed by atoms with van der Waals surface area (Å²) in [6.07, 6.45) is 0. The summed E-state index contributed by atoms with van der Waals surface area (Å²) in [6, 6.07) is 22.9. The fourth-order valence-corrected chi connectivity index (χ4v) is 3.16. The Kier molecular flexibility index (Phi) is 5.77. The molecule has 0 aliphatic rings. The zero-order valence-corrected chi connectivity index (χ0v) is 16.8. The van der Waals surface area contributed by atoms with E-state index < -0.39 is 6.04 Å². The topological polar surface area (TPSA) is 77.2 Å². The second-order valence-corrected chi connectivity index (χ2v) is 6.91. The van der Waals surface area contributed by atoms with Crippen LogP contribution in [0.3, 0.4) is 0 Å². The van der Waals surface area contributed by atoms with Gasteiger partial charge in [0.2, 0.25) is 11.8 Å². The molecule has 3 aromatic carbocycles. The maximum Gasteiger partial charge on any atom is 0.255 e. The van der Waals surface area contributed by atoms with Crippen molar-refractivity contribution in [1.82, 2.24) is 15.5 Å². The highest BCUT2D eigenvalue weighted by atomic mass is 35.5. The number of para-hydroxylation sites is 1. The van der Waals surface area contributed by atoms with Crippen LogP contribution in [0.4, 0.5) is 0 Å². The number of hydrogen-bond acceptors (Lipinski definition) is 5. The molecule has 1 aromatic heterocycles. The molecule has 6 nitrogen and oxygen atoms in total. The van der Waals surface area contributed by atoms with Crippen LogP contribution >= 0.6 is 11.6 Å². The molecule has 0 unspecified atom stereocenters. The summed E-state index contributed by atoms with van der Waals surface area (Å²) in [7, 11) is 1.52. The predicted octanol–water partition coefficient (Wildman–Crippen LogP) is 4.92. The van der Waals surface area contributed by atoms with Crippen LogP contribution in [0.25, 0.3) is 11.5 Å². The Hall–Kier alpha value is -3.64. The molecular weight excluding hydrogens is 402 g/mol. The van der Waals surface area contributed by atoms with Gasteiger partial charge in [-0.3, -0.25) is 4.79 Å². The van der Waals surface area contributed by atoms with Gasteiger partial charge in [-0.05, 0) is 42.0 Å². The maximum atomic E-state index is 13.0. The van der Waals surface area contributed by atoms with Gasteiger partial charge >= 0.3 is 0 Å². The molecule has 7 heteroatoms. The number of carbonyl (C=O) groups excluding carboxylic acids is 1. The third-order valence-electron chi connectivity index (χ3n) is 4.54. The zero-order chi connectivity index (χ0) is 20.9. The van der Waals surface area contributed by atoms with Crippen LogP contribution in [-0.4, -0.2) is 23.2 Å². The molecule has 4 rings (SSSR count). The van der Waals surface area contributed by atoms with E-state index in [2.05, 4.69) is 15.5 Å². The summed E-state index contributed by atoms with van der Waals surface area (Å²) in [4.78, 5) is 13.0. The van der Waals surface area contributed by atoms with E-state index in [9.17, 15) is 4.79 Å². The predicted molar refractivity (Wildman–Crippen MR) is 113 cm³/mol.